The second-order valence-electron chi connectivity index (χ2n) is 3.72. The van der Waals surface area contributed by atoms with Crippen LogP contribution in [0.5, 0.6) is 0 Å². The van der Waals surface area contributed by atoms with Crippen molar-refractivity contribution < 1.29 is 72.8 Å². The molecule has 0 unspecified atom stereocenters. The minimum atomic E-state index is -5.46. The summed E-state index contributed by atoms with van der Waals surface area (Å²) in [5, 5.41) is 0. The van der Waals surface area contributed by atoms with Gasteiger partial charge in [-0.3, -0.25) is 0 Å². The van der Waals surface area contributed by atoms with Crippen molar-refractivity contribution in [3.8, 4) is 11.1 Å². The molecule has 5 nitrogen and oxygen atoms in total. The van der Waals surface area contributed by atoms with Gasteiger partial charge in [0.1, 0.15) is 0 Å². The van der Waals surface area contributed by atoms with E-state index in [2.05, 4.69) is 0 Å². The molecule has 0 N–H and O–H groups in total. The summed E-state index contributed by atoms with van der Waals surface area (Å²) in [4.78, 5) is -0.504. The van der Waals surface area contributed by atoms with Crippen molar-refractivity contribution in [2.45, 2.75) is 4.90 Å². The van der Waals surface area contributed by atoms with Gasteiger partial charge in [-0.15, -0.1) is 0 Å². The minimum absolute atomic E-state index is 0. The van der Waals surface area contributed by atoms with Crippen LogP contribution in [0.1, 0.15) is 0 Å². The van der Waals surface area contributed by atoms with Gasteiger partial charge in [0.2, 0.25) is 9.15 Å². The van der Waals surface area contributed by atoms with Gasteiger partial charge in [0.25, 0.3) is 8.87 Å². The predicted octanol–water partition coefficient (Wildman–Crippen LogP) is -1.41. The molecule has 0 aliphatic carbocycles. The van der Waals surface area contributed by atoms with Crippen molar-refractivity contribution in [3.05, 3.63) is 54.6 Å². The molecule has 8 heteroatoms. The fourth-order valence-electron chi connectivity index (χ4n) is 1.65. The fourth-order valence-corrected chi connectivity index (χ4v) is 3.67. The molecule has 0 heterocycles. The first-order valence-electron chi connectivity index (χ1n) is 5.19. The Balaban J connectivity index is 0.00000200. The van der Waals surface area contributed by atoms with Gasteiger partial charge >= 0.3 is 51.4 Å². The summed E-state index contributed by atoms with van der Waals surface area (Å²) in [6.07, 6.45) is 0. The first kappa shape index (κ1) is 18.0. The molecular weight excluding hydrogens is 327 g/mol. The Bertz CT molecular complexity index is 799. The maximum absolute atomic E-state index is 11.7. The fraction of sp³-hybridized carbons (Fsp3) is 0. The zero-order valence-corrected chi connectivity index (χ0v) is 15.3. The summed E-state index contributed by atoms with van der Waals surface area (Å²) in [5.74, 6) is 0. The zero-order chi connectivity index (χ0) is 14.1. The van der Waals surface area contributed by atoms with Crippen molar-refractivity contribution in [3.63, 3.8) is 0 Å². The Morgan fingerprint density at radius 1 is 0.750 bits per heavy atom. The van der Waals surface area contributed by atoms with Gasteiger partial charge in [0.15, 0.2) is 0 Å². The summed E-state index contributed by atoms with van der Waals surface area (Å²) in [7, 11) is -10.4. The molecule has 0 saturated heterocycles. The molecule has 0 bridgehead atoms. The molecule has 2 aromatic rings. The topological polar surface area (TPSA) is 91.3 Å². The van der Waals surface area contributed by atoms with E-state index in [1.807, 2.05) is 0 Å². The molecule has 20 heavy (non-hydrogen) atoms. The van der Waals surface area contributed by atoms with Crippen LogP contribution in [-0.2, 0) is 18.0 Å². The first-order valence-corrected chi connectivity index (χ1v) is 8.60. The van der Waals surface area contributed by atoms with E-state index in [1.54, 1.807) is 36.4 Å². The molecule has 0 fully saturated rings. The summed E-state index contributed by atoms with van der Waals surface area (Å²) >= 11 is 0. The van der Waals surface area contributed by atoms with Crippen molar-refractivity contribution in [2.75, 3.05) is 0 Å². The Kier molecular flexibility index (Phi) is 6.11. The van der Waals surface area contributed by atoms with Crippen LogP contribution in [0.15, 0.2) is 59.5 Å². The molecule has 0 aromatic heterocycles. The van der Waals surface area contributed by atoms with Crippen LogP contribution in [-0.4, -0.2) is 21.4 Å². The van der Waals surface area contributed by atoms with Gasteiger partial charge in [0, 0.05) is 5.56 Å². The van der Waals surface area contributed by atoms with Gasteiger partial charge in [-0.2, -0.15) is 0 Å². The molecule has 100 valence electrons. The van der Waals surface area contributed by atoms with E-state index in [4.69, 9.17) is 0 Å². The number of hydrogen-bond acceptors (Lipinski definition) is 5. The Hall–Kier alpha value is -0.0636. The summed E-state index contributed by atoms with van der Waals surface area (Å²) in [6, 6.07) is 13.9. The van der Waals surface area contributed by atoms with Gasteiger partial charge in [0.05, 0.1) is 4.90 Å². The van der Waals surface area contributed by atoms with E-state index in [0.717, 1.165) is 6.07 Å². The average Bonchev–Trinajstić information content (AvgIpc) is 2.38. The van der Waals surface area contributed by atoms with Crippen LogP contribution in [0.25, 0.3) is 11.1 Å². The van der Waals surface area contributed by atoms with Gasteiger partial charge in [-0.1, -0.05) is 48.5 Å². The second kappa shape index (κ2) is 6.80. The van der Waals surface area contributed by atoms with E-state index >= 15 is 0 Å². The summed E-state index contributed by atoms with van der Waals surface area (Å²) < 4.78 is 56.2. The first-order chi connectivity index (χ1) is 8.84. The monoisotopic (exact) mass is 336 g/mol. The van der Waals surface area contributed by atoms with Crippen LogP contribution in [0.2, 0.25) is 0 Å². The molecule has 0 spiro atoms. The standard InChI is InChI=1S/C12H10O5S2.K/c13-18(14,19(15,16)17)12-9-5-4-8-11(12)10-6-2-1-3-7-10;/h1-9H,(H,15,16,17);/q;+1/p-1. The molecule has 0 radical (unpaired) electrons. The maximum Gasteiger partial charge on any atom is 1.00 e. The second-order valence-corrected chi connectivity index (χ2v) is 8.43. The third-order valence-corrected chi connectivity index (χ3v) is 6.09. The third kappa shape index (κ3) is 3.57. The Morgan fingerprint density at radius 2 is 1.25 bits per heavy atom. The molecule has 0 atom stereocenters. The van der Waals surface area contributed by atoms with Crippen LogP contribution < -0.4 is 51.4 Å². The van der Waals surface area contributed by atoms with Gasteiger partial charge < -0.3 is 4.55 Å². The zero-order valence-electron chi connectivity index (χ0n) is 10.6. The number of hydrogen-bond donors (Lipinski definition) is 0. The Morgan fingerprint density at radius 3 is 1.80 bits per heavy atom. The van der Waals surface area contributed by atoms with E-state index in [0.29, 0.717) is 5.56 Å². The largest absolute Gasteiger partial charge is 1.00 e. The normalized spacial score (nSPS) is 11.7. The third-order valence-electron chi connectivity index (χ3n) is 2.51. The number of rotatable bonds is 3. The van der Waals surface area contributed by atoms with Gasteiger partial charge in [-0.25, -0.2) is 16.8 Å². The average molecular weight is 336 g/mol. The van der Waals surface area contributed by atoms with Crippen molar-refractivity contribution in [1.29, 1.82) is 0 Å². The van der Waals surface area contributed by atoms with E-state index in [9.17, 15) is 21.4 Å². The quantitative estimate of drug-likeness (QED) is 0.390. The van der Waals surface area contributed by atoms with E-state index in [-0.39, 0.29) is 56.9 Å². The SMILES string of the molecule is O=S(=O)([O-])S(=O)(=O)c1ccccc1-c1ccccc1.[K+]. The summed E-state index contributed by atoms with van der Waals surface area (Å²) in [6.45, 7) is 0. The van der Waals surface area contributed by atoms with Crippen LogP contribution in [0, 0.1) is 0 Å². The number of benzene rings is 2. The maximum atomic E-state index is 11.7. The van der Waals surface area contributed by atoms with Gasteiger partial charge in [-0.05, 0) is 11.6 Å². The summed E-state index contributed by atoms with van der Waals surface area (Å²) in [5.41, 5.74) is 0.702. The van der Waals surface area contributed by atoms with E-state index < -0.39 is 22.9 Å². The van der Waals surface area contributed by atoms with Crippen LogP contribution in [0.4, 0.5) is 0 Å². The minimum Gasteiger partial charge on any atom is -0.735 e. The molecule has 2 rings (SSSR count). The van der Waals surface area contributed by atoms with Crippen molar-refractivity contribution in [2.24, 2.45) is 0 Å². The molecule has 0 saturated carbocycles. The Labute approximate surface area is 159 Å². The molecular formula is C12H9KO5S2. The smallest absolute Gasteiger partial charge is 0.735 e. The molecule has 0 amide bonds. The van der Waals surface area contributed by atoms with E-state index in [1.165, 1.54) is 12.1 Å². The van der Waals surface area contributed by atoms with Crippen LogP contribution in [0.3, 0.4) is 0 Å². The molecule has 0 aliphatic rings. The van der Waals surface area contributed by atoms with Crippen LogP contribution >= 0.6 is 0 Å². The van der Waals surface area contributed by atoms with Crippen molar-refractivity contribution >= 4 is 18.0 Å². The van der Waals surface area contributed by atoms with Crippen molar-refractivity contribution in [1.82, 2.24) is 0 Å². The molecule has 2 aromatic carbocycles. The predicted molar refractivity (Wildman–Crippen MR) is 68.8 cm³/mol. The molecule has 0 aliphatic heterocycles.